The lowest BCUT2D eigenvalue weighted by atomic mass is 10.0. The van der Waals surface area contributed by atoms with E-state index in [1.807, 2.05) is 62.4 Å². The molecular formula is C29H29N5O2S. The molecule has 0 fully saturated rings. The molecule has 2 heterocycles. The van der Waals surface area contributed by atoms with Gasteiger partial charge in [-0.1, -0.05) is 67.6 Å². The van der Waals surface area contributed by atoms with Crippen molar-refractivity contribution in [3.8, 4) is 0 Å². The lowest BCUT2D eigenvalue weighted by Crippen LogP contribution is -2.43. The predicted molar refractivity (Wildman–Crippen MR) is 150 cm³/mol. The monoisotopic (exact) mass is 511 g/mol. The molecule has 4 aromatic rings. The van der Waals surface area contributed by atoms with E-state index in [0.717, 1.165) is 29.3 Å². The fourth-order valence-electron chi connectivity index (χ4n) is 4.25. The van der Waals surface area contributed by atoms with Gasteiger partial charge in [0.15, 0.2) is 5.13 Å². The van der Waals surface area contributed by atoms with Crippen LogP contribution >= 0.6 is 11.3 Å². The highest BCUT2D eigenvalue weighted by atomic mass is 32.1. The van der Waals surface area contributed by atoms with Crippen molar-refractivity contribution < 1.29 is 9.59 Å². The number of rotatable bonds is 8. The number of thiazole rings is 1. The van der Waals surface area contributed by atoms with Gasteiger partial charge in [-0.25, -0.2) is 14.9 Å². The molecule has 1 aromatic heterocycles. The number of aliphatic imine (C=N–C) groups is 1. The van der Waals surface area contributed by atoms with Gasteiger partial charge in [0.05, 0.1) is 10.2 Å². The Balaban J connectivity index is 1.24. The van der Waals surface area contributed by atoms with E-state index >= 15 is 0 Å². The summed E-state index contributed by atoms with van der Waals surface area (Å²) in [6, 6.07) is 24.3. The number of nitrogens with one attached hydrogen (secondary N) is 2. The maximum absolute atomic E-state index is 13.2. The number of nitrogens with zero attached hydrogens (tertiary/aromatic N) is 3. The molecule has 1 aliphatic rings. The van der Waals surface area contributed by atoms with Crippen LogP contribution in [0, 0.1) is 5.92 Å². The number of carbonyl (C=O) groups is 2. The smallest absolute Gasteiger partial charge is 0.267 e. The number of imide groups is 1. The van der Waals surface area contributed by atoms with Gasteiger partial charge < -0.3 is 10.6 Å². The highest BCUT2D eigenvalue weighted by Crippen LogP contribution is 2.25. The lowest BCUT2D eigenvalue weighted by Gasteiger charge is -2.18. The van der Waals surface area contributed by atoms with Crippen LogP contribution in [0.4, 0.5) is 10.8 Å². The van der Waals surface area contributed by atoms with E-state index in [1.54, 1.807) is 35.6 Å². The number of carbonyl (C=O) groups excluding carboxylic acids is 2. The number of benzene rings is 3. The van der Waals surface area contributed by atoms with E-state index in [1.165, 1.54) is 15.2 Å². The van der Waals surface area contributed by atoms with Gasteiger partial charge in [-0.2, -0.15) is 0 Å². The van der Waals surface area contributed by atoms with Crippen LogP contribution in [-0.4, -0.2) is 40.2 Å². The Morgan fingerprint density at radius 3 is 2.46 bits per heavy atom. The number of anilines is 2. The Labute approximate surface area is 220 Å². The first kappa shape index (κ1) is 24.6. The number of hydrogen-bond acceptors (Lipinski definition) is 7. The summed E-state index contributed by atoms with van der Waals surface area (Å²) in [7, 11) is 0. The first-order valence-electron chi connectivity index (χ1n) is 12.4. The molecule has 7 nitrogen and oxygen atoms in total. The van der Waals surface area contributed by atoms with E-state index in [-0.39, 0.29) is 23.7 Å². The molecule has 188 valence electrons. The number of guanidine groups is 1. The molecule has 0 radical (unpaired) electrons. The van der Waals surface area contributed by atoms with E-state index < -0.39 is 6.04 Å². The SMILES string of the molecule is CC(C)C[C@@H]1N=C(Nc2ccc(CCNc3nc4ccccc4s3)cc2)N(C(=O)c2ccccc2)C1=O. The number of hydrogen-bond donors (Lipinski definition) is 2. The van der Waals surface area contributed by atoms with Gasteiger partial charge in [-0.05, 0) is 60.7 Å². The normalized spacial score (nSPS) is 15.3. The van der Waals surface area contributed by atoms with E-state index in [0.29, 0.717) is 12.0 Å². The van der Waals surface area contributed by atoms with Gasteiger partial charge in [0, 0.05) is 17.8 Å². The average molecular weight is 512 g/mol. The second-order valence-electron chi connectivity index (χ2n) is 9.43. The Morgan fingerprint density at radius 2 is 1.73 bits per heavy atom. The minimum absolute atomic E-state index is 0.273. The summed E-state index contributed by atoms with van der Waals surface area (Å²) in [5.74, 6) is -0.112. The van der Waals surface area contributed by atoms with Gasteiger partial charge in [0.1, 0.15) is 6.04 Å². The van der Waals surface area contributed by atoms with Crippen molar-refractivity contribution >= 4 is 50.1 Å². The standard InChI is InChI=1S/C29H29N5O2S/c1-19(2)18-24-27(36)34(26(35)21-8-4-3-5-9-21)28(32-24)31-22-14-12-20(13-15-22)16-17-30-29-33-23-10-6-7-11-25(23)37-29/h3-15,19,24H,16-18H2,1-2H3,(H,30,33)(H,31,32)/t24-/m0/s1. The highest BCUT2D eigenvalue weighted by Gasteiger charge is 2.39. The zero-order valence-electron chi connectivity index (χ0n) is 20.8. The molecule has 2 N–H and O–H groups in total. The van der Waals surface area contributed by atoms with Crippen LogP contribution < -0.4 is 10.6 Å². The molecule has 0 saturated heterocycles. The molecule has 0 unspecified atom stereocenters. The van der Waals surface area contributed by atoms with Crippen molar-refractivity contribution in [3.05, 3.63) is 90.0 Å². The molecule has 0 aliphatic carbocycles. The Hall–Kier alpha value is -4.04. The molecule has 0 spiro atoms. The maximum atomic E-state index is 13.2. The van der Waals surface area contributed by atoms with Crippen LogP contribution in [0.5, 0.6) is 0 Å². The average Bonchev–Trinajstić information content (AvgIpc) is 3.45. The molecule has 1 aliphatic heterocycles. The third kappa shape index (κ3) is 5.70. The Morgan fingerprint density at radius 1 is 1.00 bits per heavy atom. The Kier molecular flexibility index (Phi) is 7.28. The minimum atomic E-state index is -0.567. The molecule has 0 saturated carbocycles. The molecule has 37 heavy (non-hydrogen) atoms. The maximum Gasteiger partial charge on any atom is 0.267 e. The summed E-state index contributed by atoms with van der Waals surface area (Å²) in [5, 5.41) is 7.53. The van der Waals surface area contributed by atoms with Crippen LogP contribution in [0.1, 0.15) is 36.2 Å². The summed E-state index contributed by atoms with van der Waals surface area (Å²) in [6.07, 6.45) is 1.42. The molecular weight excluding hydrogens is 482 g/mol. The zero-order valence-corrected chi connectivity index (χ0v) is 21.7. The van der Waals surface area contributed by atoms with Gasteiger partial charge in [-0.3, -0.25) is 9.59 Å². The van der Waals surface area contributed by atoms with Crippen LogP contribution in [0.15, 0.2) is 83.9 Å². The third-order valence-electron chi connectivity index (χ3n) is 6.11. The highest BCUT2D eigenvalue weighted by molar-refractivity contribution is 7.22. The lowest BCUT2D eigenvalue weighted by molar-refractivity contribution is -0.125. The Bertz CT molecular complexity index is 1400. The van der Waals surface area contributed by atoms with Crippen LogP contribution in [0.25, 0.3) is 10.2 Å². The zero-order chi connectivity index (χ0) is 25.8. The topological polar surface area (TPSA) is 86.7 Å². The summed E-state index contributed by atoms with van der Waals surface area (Å²) in [4.78, 5) is 36.7. The fourth-order valence-corrected chi connectivity index (χ4v) is 5.15. The van der Waals surface area contributed by atoms with Crippen molar-refractivity contribution in [1.82, 2.24) is 9.88 Å². The third-order valence-corrected chi connectivity index (χ3v) is 7.10. The summed E-state index contributed by atoms with van der Waals surface area (Å²) >= 11 is 1.65. The van der Waals surface area contributed by atoms with Crippen molar-refractivity contribution in [2.75, 3.05) is 17.2 Å². The van der Waals surface area contributed by atoms with Crippen molar-refractivity contribution in [2.24, 2.45) is 10.9 Å². The van der Waals surface area contributed by atoms with Gasteiger partial charge >= 0.3 is 0 Å². The van der Waals surface area contributed by atoms with Crippen molar-refractivity contribution in [1.29, 1.82) is 0 Å². The second-order valence-corrected chi connectivity index (χ2v) is 10.5. The summed E-state index contributed by atoms with van der Waals surface area (Å²) < 4.78 is 1.17. The molecule has 8 heteroatoms. The van der Waals surface area contributed by atoms with Crippen LogP contribution in [0.2, 0.25) is 0 Å². The number of amides is 2. The van der Waals surface area contributed by atoms with Gasteiger partial charge in [-0.15, -0.1) is 0 Å². The first-order valence-corrected chi connectivity index (χ1v) is 13.3. The number of aromatic nitrogens is 1. The minimum Gasteiger partial charge on any atom is -0.361 e. The number of para-hydroxylation sites is 1. The summed E-state index contributed by atoms with van der Waals surface area (Å²) in [5.41, 5.74) is 3.39. The van der Waals surface area contributed by atoms with Crippen molar-refractivity contribution in [3.63, 3.8) is 0 Å². The molecule has 0 bridgehead atoms. The molecule has 5 rings (SSSR count). The summed E-state index contributed by atoms with van der Waals surface area (Å²) in [6.45, 7) is 4.86. The van der Waals surface area contributed by atoms with E-state index in [4.69, 9.17) is 0 Å². The molecule has 3 aromatic carbocycles. The second kappa shape index (κ2) is 10.9. The first-order chi connectivity index (χ1) is 18.0. The quantitative estimate of drug-likeness (QED) is 0.291. The van der Waals surface area contributed by atoms with Crippen LogP contribution in [-0.2, 0) is 11.2 Å². The van der Waals surface area contributed by atoms with Gasteiger partial charge in [0.2, 0.25) is 5.96 Å². The largest absolute Gasteiger partial charge is 0.361 e. The molecule has 2 amide bonds. The predicted octanol–water partition coefficient (Wildman–Crippen LogP) is 5.82. The van der Waals surface area contributed by atoms with E-state index in [2.05, 4.69) is 26.7 Å². The van der Waals surface area contributed by atoms with Crippen LogP contribution in [0.3, 0.4) is 0 Å². The van der Waals surface area contributed by atoms with E-state index in [9.17, 15) is 9.59 Å². The van der Waals surface area contributed by atoms with Crippen molar-refractivity contribution in [2.45, 2.75) is 32.7 Å². The van der Waals surface area contributed by atoms with Gasteiger partial charge in [0.25, 0.3) is 11.8 Å². The number of fused-ring (bicyclic) bond motifs is 1. The fraction of sp³-hybridized carbons (Fsp3) is 0.241. The molecule has 1 atom stereocenters.